The van der Waals surface area contributed by atoms with Crippen LogP contribution < -0.4 is 35.2 Å². The van der Waals surface area contributed by atoms with Gasteiger partial charge in [-0.25, -0.2) is 12.2 Å². The third-order valence-electron chi connectivity index (χ3n) is 6.85. The summed E-state index contributed by atoms with van der Waals surface area (Å²) in [6, 6.07) is 37.2. The van der Waals surface area contributed by atoms with Gasteiger partial charge in [0.1, 0.15) is 9.52 Å². The van der Waals surface area contributed by atoms with E-state index >= 15 is 0 Å². The maximum atomic E-state index is 2.99. The van der Waals surface area contributed by atoms with Gasteiger partial charge in [-0.15, -0.1) is 40.1 Å². The van der Waals surface area contributed by atoms with Gasteiger partial charge in [0.15, 0.2) is 0 Å². The van der Waals surface area contributed by atoms with Crippen LogP contribution >= 0.6 is 0 Å². The van der Waals surface area contributed by atoms with Gasteiger partial charge in [-0.2, -0.15) is 6.08 Å². The topological polar surface area (TPSA) is 0 Å². The summed E-state index contributed by atoms with van der Waals surface area (Å²) in [5.74, 6) is 0. The van der Waals surface area contributed by atoms with Crippen LogP contribution in [0, 0.1) is 6.08 Å². The maximum Gasteiger partial charge on any atom is 4.00 e. The molecule has 0 amide bonds. The first-order valence-electron chi connectivity index (χ1n) is 13.8. The van der Waals surface area contributed by atoms with Crippen LogP contribution in [0.3, 0.4) is 0 Å². The first-order chi connectivity index (χ1) is 18.6. The molecule has 214 valence electrons. The molecule has 1 aliphatic rings. The van der Waals surface area contributed by atoms with Crippen molar-refractivity contribution in [3.63, 3.8) is 0 Å². The normalized spacial score (nSPS) is 11.8. The van der Waals surface area contributed by atoms with Crippen molar-refractivity contribution >= 4 is 41.4 Å². The molecule has 0 aromatic heterocycles. The predicted molar refractivity (Wildman–Crippen MR) is 174 cm³/mol. The number of rotatable bonds is 2. The van der Waals surface area contributed by atoms with E-state index in [2.05, 4.69) is 157 Å². The van der Waals surface area contributed by atoms with Crippen molar-refractivity contribution in [2.75, 3.05) is 0 Å². The fourth-order valence-corrected chi connectivity index (χ4v) is 5.75. The van der Waals surface area contributed by atoms with E-state index in [9.17, 15) is 0 Å². The van der Waals surface area contributed by atoms with Crippen molar-refractivity contribution in [1.29, 1.82) is 0 Å². The summed E-state index contributed by atoms with van der Waals surface area (Å²) in [4.78, 5) is 0. The van der Waals surface area contributed by atoms with E-state index in [1.165, 1.54) is 43.0 Å². The Morgan fingerprint density at radius 1 is 0.667 bits per heavy atom. The molecule has 0 spiro atoms. The van der Waals surface area contributed by atoms with E-state index < -0.39 is 0 Å². The standard InChI is InChI=1S/C21H25.C12H10Si.C5H5.2ClH.Zr/c1-20(2,3)15-11-10-14-12-18-16(17(14)13-15)8-7-9-19(18)21(4,5)6;1-3-7-11(8-4-1)13-12-9-5-2-6-10-12;1-2-4-5-3-1;;;/h7-13H,1-6H3;1-10H;1-3H,4H2;2*1H;/q-1;;-1;;;+4/p-2. The van der Waals surface area contributed by atoms with Crippen molar-refractivity contribution < 1.29 is 51.0 Å². The predicted octanol–water partition coefficient (Wildman–Crippen LogP) is 2.96. The van der Waals surface area contributed by atoms with Crippen LogP contribution in [0.2, 0.25) is 0 Å². The zero-order chi connectivity index (χ0) is 27.9. The molecule has 0 heterocycles. The van der Waals surface area contributed by atoms with Crippen molar-refractivity contribution in [2.45, 2.75) is 58.8 Å². The molecule has 0 nitrogen and oxygen atoms in total. The van der Waals surface area contributed by atoms with E-state index in [0.717, 1.165) is 15.9 Å². The monoisotopic (exact) mass is 684 g/mol. The summed E-state index contributed by atoms with van der Waals surface area (Å²) in [5.41, 5.74) is 3.22. The number of benzene rings is 4. The minimum Gasteiger partial charge on any atom is -1.00 e. The Bertz CT molecular complexity index is 1510. The molecule has 6 rings (SSSR count). The summed E-state index contributed by atoms with van der Waals surface area (Å²) in [6.45, 7) is 13.7. The van der Waals surface area contributed by atoms with Crippen molar-refractivity contribution in [2.24, 2.45) is 0 Å². The second-order valence-electron chi connectivity index (χ2n) is 12.1. The average molecular weight is 687 g/mol. The van der Waals surface area contributed by atoms with Gasteiger partial charge in [0.2, 0.25) is 0 Å². The van der Waals surface area contributed by atoms with Gasteiger partial charge in [-0.1, -0.05) is 154 Å². The minimum atomic E-state index is 0. The van der Waals surface area contributed by atoms with Crippen LogP contribution in [-0.4, -0.2) is 9.52 Å². The Morgan fingerprint density at radius 2 is 1.26 bits per heavy atom. The second-order valence-corrected chi connectivity index (χ2v) is 13.5. The quantitative estimate of drug-likeness (QED) is 0.198. The Morgan fingerprint density at radius 3 is 1.71 bits per heavy atom. The maximum absolute atomic E-state index is 2.99. The molecule has 2 radical (unpaired) electrons. The van der Waals surface area contributed by atoms with Crippen molar-refractivity contribution in [3.8, 4) is 0 Å². The second kappa shape index (κ2) is 17.3. The Labute approximate surface area is 287 Å². The number of fused-ring (bicyclic) bond motifs is 3. The van der Waals surface area contributed by atoms with Crippen LogP contribution in [0.25, 0.3) is 21.5 Å². The molecule has 0 unspecified atom stereocenters. The van der Waals surface area contributed by atoms with Crippen LogP contribution in [0.4, 0.5) is 0 Å². The van der Waals surface area contributed by atoms with Gasteiger partial charge in [-0.3, -0.25) is 6.08 Å². The van der Waals surface area contributed by atoms with Gasteiger partial charge in [0, 0.05) is 0 Å². The largest absolute Gasteiger partial charge is 4.00 e. The van der Waals surface area contributed by atoms with Crippen LogP contribution in [0.1, 0.15) is 59.1 Å². The molecule has 4 heteroatoms. The molecule has 0 saturated heterocycles. The molecular formula is C38H40Cl2SiZr. The number of hydrogen-bond acceptors (Lipinski definition) is 0. The van der Waals surface area contributed by atoms with Crippen molar-refractivity contribution in [3.05, 3.63) is 139 Å². The number of hydrogen-bond donors (Lipinski definition) is 0. The van der Waals surface area contributed by atoms with Crippen LogP contribution in [0.15, 0.2) is 121 Å². The fourth-order valence-electron chi connectivity index (χ4n) is 4.70. The summed E-state index contributed by atoms with van der Waals surface area (Å²) in [7, 11) is 0.777. The molecular weight excluding hydrogens is 647 g/mol. The molecule has 5 aromatic carbocycles. The SMILES string of the molecule is CC(C)(C)c1ccc2[cH-]c3c(C(C)(C)C)cccc3c2c1.[C-]1=CC=CC1.[Cl-].[Cl-].[Zr+4].c1ccc([Si]c2ccccc2)cc1. The van der Waals surface area contributed by atoms with E-state index in [4.69, 9.17) is 0 Å². The fraction of sp³-hybridized carbons (Fsp3) is 0.237. The summed E-state index contributed by atoms with van der Waals surface area (Å²) < 4.78 is 0. The smallest absolute Gasteiger partial charge is 1.00 e. The summed E-state index contributed by atoms with van der Waals surface area (Å²) in [6.07, 6.45) is 10.0. The van der Waals surface area contributed by atoms with E-state index in [0.29, 0.717) is 0 Å². The zero-order valence-corrected chi connectivity index (χ0v) is 30.5. The molecule has 0 bridgehead atoms. The van der Waals surface area contributed by atoms with Gasteiger partial charge in [0.25, 0.3) is 0 Å². The van der Waals surface area contributed by atoms with Gasteiger partial charge < -0.3 is 24.8 Å². The minimum absolute atomic E-state index is 0. The van der Waals surface area contributed by atoms with E-state index in [-0.39, 0.29) is 61.8 Å². The average Bonchev–Trinajstić information content (AvgIpc) is 3.61. The molecule has 0 atom stereocenters. The van der Waals surface area contributed by atoms with Crippen molar-refractivity contribution in [1.82, 2.24) is 0 Å². The van der Waals surface area contributed by atoms with E-state index in [1.54, 1.807) is 0 Å². The molecule has 1 aliphatic carbocycles. The summed E-state index contributed by atoms with van der Waals surface area (Å²) >= 11 is 0. The number of allylic oxidation sites excluding steroid dienone is 4. The van der Waals surface area contributed by atoms with Gasteiger partial charge in [-0.05, 0) is 10.8 Å². The molecule has 0 aliphatic heterocycles. The third-order valence-corrected chi connectivity index (χ3v) is 8.09. The number of halogens is 2. The first kappa shape index (κ1) is 37.9. The van der Waals surface area contributed by atoms with Gasteiger partial charge in [0.05, 0.1) is 0 Å². The summed E-state index contributed by atoms with van der Waals surface area (Å²) in [5, 5.41) is 8.34. The van der Waals surface area contributed by atoms with Gasteiger partial charge >= 0.3 is 26.2 Å². The molecule has 5 aromatic rings. The Kier molecular flexibility index (Phi) is 15.6. The molecule has 0 saturated carbocycles. The zero-order valence-electron chi connectivity index (χ0n) is 25.5. The Hall–Kier alpha value is -2.09. The Balaban J connectivity index is 0.000000360. The first-order valence-corrected chi connectivity index (χ1v) is 14.8. The van der Waals surface area contributed by atoms with Crippen LogP contribution in [-0.2, 0) is 37.0 Å². The molecule has 0 fully saturated rings. The van der Waals surface area contributed by atoms with Crippen LogP contribution in [0.5, 0.6) is 0 Å². The molecule has 0 N–H and O–H groups in total. The molecule has 42 heavy (non-hydrogen) atoms. The van der Waals surface area contributed by atoms with E-state index in [1.807, 2.05) is 12.2 Å². The third kappa shape index (κ3) is 10.6.